The number of halogens is 1. The molecule has 1 aromatic carbocycles. The largest absolute Gasteiger partial charge is 0.321 e. The molecule has 0 saturated heterocycles. The van der Waals surface area contributed by atoms with Crippen LogP contribution in [-0.4, -0.2) is 11.8 Å². The molecule has 1 atom stereocenters. The lowest BCUT2D eigenvalue weighted by atomic mass is 9.97. The van der Waals surface area contributed by atoms with Gasteiger partial charge in [0.25, 0.3) is 0 Å². The summed E-state index contributed by atoms with van der Waals surface area (Å²) in [4.78, 5) is 11.7. The van der Waals surface area contributed by atoms with E-state index in [2.05, 4.69) is 13.8 Å². The fraction of sp³-hybridized carbons (Fsp3) is 0.417. The lowest BCUT2D eigenvalue weighted by Gasteiger charge is -2.10. The minimum absolute atomic E-state index is 0.0700. The van der Waals surface area contributed by atoms with Gasteiger partial charge >= 0.3 is 0 Å². The topological polar surface area (TPSA) is 43.1 Å². The Hall–Kier alpha value is -0.860. The van der Waals surface area contributed by atoms with Gasteiger partial charge in [-0.05, 0) is 36.6 Å². The molecule has 0 saturated carbocycles. The summed E-state index contributed by atoms with van der Waals surface area (Å²) in [5.74, 6) is 0.280. The third-order valence-electron chi connectivity index (χ3n) is 2.28. The van der Waals surface area contributed by atoms with Gasteiger partial charge in [-0.3, -0.25) is 4.79 Å². The Bertz CT molecular complexity index is 372. The van der Waals surface area contributed by atoms with Gasteiger partial charge in [0.05, 0.1) is 6.04 Å². The van der Waals surface area contributed by atoms with Crippen molar-refractivity contribution in [2.75, 3.05) is 0 Å². The summed E-state index contributed by atoms with van der Waals surface area (Å²) in [5, 5.41) is 0.588. The maximum Gasteiger partial charge on any atom is 0.179 e. The highest BCUT2D eigenvalue weighted by Crippen LogP contribution is 2.22. The zero-order valence-electron chi connectivity index (χ0n) is 9.25. The van der Waals surface area contributed by atoms with Gasteiger partial charge in [0, 0.05) is 10.6 Å². The average Bonchev–Trinajstić information content (AvgIpc) is 2.15. The number of rotatable bonds is 3. The van der Waals surface area contributed by atoms with Crippen LogP contribution in [0.2, 0.25) is 5.02 Å². The van der Waals surface area contributed by atoms with E-state index in [0.717, 1.165) is 5.56 Å². The molecule has 0 aromatic heterocycles. The second-order valence-corrected chi connectivity index (χ2v) is 4.52. The van der Waals surface area contributed by atoms with E-state index < -0.39 is 6.04 Å². The highest BCUT2D eigenvalue weighted by atomic mass is 35.5. The number of hydrogen-bond donors (Lipinski definition) is 1. The van der Waals surface area contributed by atoms with Crippen LogP contribution in [0.15, 0.2) is 18.2 Å². The molecule has 82 valence electrons. The standard InChI is InChI=1S/C12H16ClNO/c1-7(2)9-4-10(6-11(13)5-9)12(15)8(3)14/h4-8H,14H2,1-3H3. The summed E-state index contributed by atoms with van der Waals surface area (Å²) >= 11 is 5.95. The maximum absolute atomic E-state index is 11.7. The number of carbonyl (C=O) groups excluding carboxylic acids is 1. The molecule has 0 aliphatic carbocycles. The van der Waals surface area contributed by atoms with E-state index in [4.69, 9.17) is 17.3 Å². The summed E-state index contributed by atoms with van der Waals surface area (Å²) in [6.07, 6.45) is 0. The second kappa shape index (κ2) is 4.77. The van der Waals surface area contributed by atoms with Crippen LogP contribution in [0.25, 0.3) is 0 Å². The average molecular weight is 226 g/mol. The maximum atomic E-state index is 11.7. The van der Waals surface area contributed by atoms with E-state index >= 15 is 0 Å². The molecule has 0 radical (unpaired) electrons. The molecular weight excluding hydrogens is 210 g/mol. The summed E-state index contributed by atoms with van der Waals surface area (Å²) in [7, 11) is 0. The van der Waals surface area contributed by atoms with E-state index in [9.17, 15) is 4.79 Å². The molecule has 0 amide bonds. The molecule has 3 heteroatoms. The molecule has 15 heavy (non-hydrogen) atoms. The summed E-state index contributed by atoms with van der Waals surface area (Å²) < 4.78 is 0. The first kappa shape index (κ1) is 12.2. The fourth-order valence-corrected chi connectivity index (χ4v) is 1.59. The van der Waals surface area contributed by atoms with Crippen LogP contribution in [0, 0.1) is 0 Å². The van der Waals surface area contributed by atoms with Gasteiger partial charge in [-0.2, -0.15) is 0 Å². The predicted molar refractivity (Wildman–Crippen MR) is 63.5 cm³/mol. The van der Waals surface area contributed by atoms with E-state index in [-0.39, 0.29) is 5.78 Å². The molecule has 0 bridgehead atoms. The summed E-state index contributed by atoms with van der Waals surface area (Å²) in [5.41, 5.74) is 7.21. The lowest BCUT2D eigenvalue weighted by molar-refractivity contribution is 0.0968. The van der Waals surface area contributed by atoms with Crippen molar-refractivity contribution in [1.29, 1.82) is 0 Å². The van der Waals surface area contributed by atoms with Crippen LogP contribution in [0.1, 0.15) is 42.6 Å². The molecule has 0 aliphatic rings. The molecule has 1 unspecified atom stereocenters. The van der Waals surface area contributed by atoms with Crippen LogP contribution in [0.4, 0.5) is 0 Å². The van der Waals surface area contributed by atoms with Crippen molar-refractivity contribution in [2.45, 2.75) is 32.7 Å². The van der Waals surface area contributed by atoms with Gasteiger partial charge in [-0.15, -0.1) is 0 Å². The quantitative estimate of drug-likeness (QED) is 0.804. The number of ketones is 1. The smallest absolute Gasteiger partial charge is 0.179 e. The second-order valence-electron chi connectivity index (χ2n) is 4.08. The van der Waals surface area contributed by atoms with Gasteiger partial charge in [0.2, 0.25) is 0 Å². The van der Waals surface area contributed by atoms with Gasteiger partial charge in [0.1, 0.15) is 0 Å². The van der Waals surface area contributed by atoms with Crippen molar-refractivity contribution in [3.63, 3.8) is 0 Å². The third-order valence-corrected chi connectivity index (χ3v) is 2.50. The Morgan fingerprint density at radius 3 is 2.33 bits per heavy atom. The molecule has 2 N–H and O–H groups in total. The van der Waals surface area contributed by atoms with Crippen LogP contribution in [0.5, 0.6) is 0 Å². The third kappa shape index (κ3) is 3.05. The molecule has 0 aliphatic heterocycles. The van der Waals surface area contributed by atoms with Crippen LogP contribution >= 0.6 is 11.6 Å². The zero-order chi connectivity index (χ0) is 11.6. The summed E-state index contributed by atoms with van der Waals surface area (Å²) in [6, 6.07) is 4.93. The van der Waals surface area contributed by atoms with Crippen molar-refractivity contribution in [1.82, 2.24) is 0 Å². The van der Waals surface area contributed by atoms with Gasteiger partial charge in [-0.25, -0.2) is 0 Å². The van der Waals surface area contributed by atoms with Crippen molar-refractivity contribution in [3.8, 4) is 0 Å². The fourth-order valence-electron chi connectivity index (χ4n) is 1.35. The van der Waals surface area contributed by atoms with Crippen LogP contribution < -0.4 is 5.73 Å². The molecule has 2 nitrogen and oxygen atoms in total. The highest BCUT2D eigenvalue weighted by Gasteiger charge is 2.13. The Morgan fingerprint density at radius 2 is 1.87 bits per heavy atom. The first-order valence-corrected chi connectivity index (χ1v) is 5.40. The number of benzene rings is 1. The van der Waals surface area contributed by atoms with Gasteiger partial charge in [0.15, 0.2) is 5.78 Å². The Morgan fingerprint density at radius 1 is 1.27 bits per heavy atom. The molecular formula is C12H16ClNO. The van der Waals surface area contributed by atoms with Crippen molar-refractivity contribution in [3.05, 3.63) is 34.3 Å². The molecule has 0 spiro atoms. The van der Waals surface area contributed by atoms with E-state index in [0.29, 0.717) is 16.5 Å². The molecule has 0 heterocycles. The van der Waals surface area contributed by atoms with Crippen LogP contribution in [-0.2, 0) is 0 Å². The Kier molecular flexibility index (Phi) is 3.89. The number of Topliss-reactive ketones (excluding diaryl/α,β-unsaturated/α-hetero) is 1. The minimum Gasteiger partial charge on any atom is -0.321 e. The number of nitrogens with two attached hydrogens (primary N) is 1. The summed E-state index contributed by atoms with van der Waals surface area (Å²) in [6.45, 7) is 5.80. The minimum atomic E-state index is -0.483. The van der Waals surface area contributed by atoms with Gasteiger partial charge in [-0.1, -0.05) is 25.4 Å². The monoisotopic (exact) mass is 225 g/mol. The molecule has 1 aromatic rings. The zero-order valence-corrected chi connectivity index (χ0v) is 10.0. The van der Waals surface area contributed by atoms with E-state index in [1.807, 2.05) is 12.1 Å². The Balaban J connectivity index is 3.14. The molecule has 0 fully saturated rings. The SMILES string of the molecule is CC(N)C(=O)c1cc(Cl)cc(C(C)C)c1. The first-order valence-electron chi connectivity index (χ1n) is 5.02. The normalized spacial score (nSPS) is 12.9. The molecule has 1 rings (SSSR count). The van der Waals surface area contributed by atoms with Crippen LogP contribution in [0.3, 0.4) is 0 Å². The Labute approximate surface area is 95.4 Å². The first-order chi connectivity index (χ1) is 6.91. The van der Waals surface area contributed by atoms with Crippen molar-refractivity contribution in [2.24, 2.45) is 5.73 Å². The number of carbonyl (C=O) groups is 1. The van der Waals surface area contributed by atoms with E-state index in [1.165, 1.54) is 0 Å². The number of hydrogen-bond acceptors (Lipinski definition) is 2. The predicted octanol–water partition coefficient (Wildman–Crippen LogP) is 2.99. The van der Waals surface area contributed by atoms with Gasteiger partial charge < -0.3 is 5.73 Å². The highest BCUT2D eigenvalue weighted by molar-refractivity contribution is 6.31. The van der Waals surface area contributed by atoms with Crippen molar-refractivity contribution < 1.29 is 4.79 Å². The van der Waals surface area contributed by atoms with E-state index in [1.54, 1.807) is 13.0 Å². The van der Waals surface area contributed by atoms with Crippen molar-refractivity contribution >= 4 is 17.4 Å². The lowest BCUT2D eigenvalue weighted by Crippen LogP contribution is -2.26.